The van der Waals surface area contributed by atoms with Gasteiger partial charge in [0.15, 0.2) is 9.84 Å². The van der Waals surface area contributed by atoms with Crippen molar-refractivity contribution in [2.45, 2.75) is 19.9 Å². The number of rotatable bonds is 3. The van der Waals surface area contributed by atoms with Gasteiger partial charge in [0, 0.05) is 24.6 Å². The summed E-state index contributed by atoms with van der Waals surface area (Å²) in [6.45, 7) is 4.43. The summed E-state index contributed by atoms with van der Waals surface area (Å²) in [5.41, 5.74) is 1.57. The van der Waals surface area contributed by atoms with Crippen molar-refractivity contribution in [1.82, 2.24) is 9.88 Å². The van der Waals surface area contributed by atoms with Gasteiger partial charge in [0.2, 0.25) is 0 Å². The molecule has 0 aromatic carbocycles. The zero-order valence-electron chi connectivity index (χ0n) is 12.2. The molecule has 0 unspecified atom stereocenters. The Labute approximate surface area is 135 Å². The minimum Gasteiger partial charge on any atom is -0.382 e. The molecule has 1 N–H and O–H groups in total. The van der Waals surface area contributed by atoms with Gasteiger partial charge in [-0.1, -0.05) is 23.4 Å². The number of nitrogens with one attached hydrogen (secondary N) is 1. The van der Waals surface area contributed by atoms with Gasteiger partial charge >= 0.3 is 0 Å². The van der Waals surface area contributed by atoms with Crippen LogP contribution in [0, 0.1) is 11.8 Å². The van der Waals surface area contributed by atoms with E-state index >= 15 is 0 Å². The van der Waals surface area contributed by atoms with Gasteiger partial charge in [-0.3, -0.25) is 0 Å². The minimum absolute atomic E-state index is 0.247. The van der Waals surface area contributed by atoms with Gasteiger partial charge in [-0.05, 0) is 19.9 Å². The maximum atomic E-state index is 11.2. The molecule has 0 saturated carbocycles. The van der Waals surface area contributed by atoms with E-state index in [1.54, 1.807) is 17.2 Å². The lowest BCUT2D eigenvalue weighted by molar-refractivity contribution is 0.566. The number of hydrogen-bond acceptors (Lipinski definition) is 5. The van der Waals surface area contributed by atoms with Crippen LogP contribution in [0.4, 0.5) is 5.69 Å². The Morgan fingerprint density at radius 2 is 2.05 bits per heavy atom. The molecule has 116 valence electrons. The number of sulfone groups is 1. The largest absolute Gasteiger partial charge is 0.382 e. The van der Waals surface area contributed by atoms with Crippen molar-refractivity contribution in [1.29, 1.82) is 0 Å². The molecule has 1 aliphatic rings. The molecule has 0 spiro atoms. The van der Waals surface area contributed by atoms with E-state index in [-0.39, 0.29) is 6.04 Å². The number of halogens is 1. The molecule has 2 heterocycles. The van der Waals surface area contributed by atoms with E-state index in [0.717, 1.165) is 22.1 Å². The van der Waals surface area contributed by atoms with E-state index < -0.39 is 9.84 Å². The first-order valence-electron chi connectivity index (χ1n) is 6.64. The molecular formula is C15H16ClN3O2S. The predicted octanol–water partition coefficient (Wildman–Crippen LogP) is 2.58. The fourth-order valence-electron chi connectivity index (χ4n) is 1.71. The summed E-state index contributed by atoms with van der Waals surface area (Å²) < 4.78 is 22.4. The van der Waals surface area contributed by atoms with Crippen LogP contribution in [0.1, 0.15) is 19.4 Å². The van der Waals surface area contributed by atoms with Crippen molar-refractivity contribution < 1.29 is 8.42 Å². The summed E-state index contributed by atoms with van der Waals surface area (Å²) in [5.74, 6) is 6.01. The standard InChI is InChI=1S/C15H16ClN3O2S/c1-12(2)18-14-10-15(16)17-11-13(14)4-3-5-19-6-8-22(20,21)9-7-19/h6-12H,5H2,1-2H3,(H,17,18). The van der Waals surface area contributed by atoms with E-state index in [2.05, 4.69) is 22.1 Å². The number of hydrogen-bond donors (Lipinski definition) is 1. The lowest BCUT2D eigenvalue weighted by Crippen LogP contribution is -2.14. The van der Waals surface area contributed by atoms with Crippen LogP contribution in [-0.4, -0.2) is 30.9 Å². The van der Waals surface area contributed by atoms with Gasteiger partial charge < -0.3 is 10.2 Å². The SMILES string of the molecule is CC(C)Nc1cc(Cl)ncc1C#CCN1C=CS(=O)(=O)C=C1. The van der Waals surface area contributed by atoms with Crippen LogP contribution in [0.25, 0.3) is 0 Å². The van der Waals surface area contributed by atoms with Crippen molar-refractivity contribution in [3.63, 3.8) is 0 Å². The molecule has 0 fully saturated rings. The van der Waals surface area contributed by atoms with Crippen molar-refractivity contribution in [2.75, 3.05) is 11.9 Å². The highest BCUT2D eigenvalue weighted by molar-refractivity contribution is 7.97. The highest BCUT2D eigenvalue weighted by Gasteiger charge is 2.07. The lowest BCUT2D eigenvalue weighted by Gasteiger charge is -2.14. The summed E-state index contributed by atoms with van der Waals surface area (Å²) in [4.78, 5) is 5.72. The van der Waals surface area contributed by atoms with E-state index in [0.29, 0.717) is 11.7 Å². The fourth-order valence-corrected chi connectivity index (χ4v) is 2.61. The third-order valence-corrected chi connectivity index (χ3v) is 3.89. The molecule has 1 aromatic rings. The number of pyridine rings is 1. The molecule has 2 rings (SSSR count). The van der Waals surface area contributed by atoms with Crippen LogP contribution in [0.5, 0.6) is 0 Å². The minimum atomic E-state index is -3.20. The fraction of sp³-hybridized carbons (Fsp3) is 0.267. The number of anilines is 1. The Balaban J connectivity index is 2.11. The molecule has 0 saturated heterocycles. The van der Waals surface area contributed by atoms with Crippen molar-refractivity contribution >= 4 is 27.1 Å². The highest BCUT2D eigenvalue weighted by atomic mass is 35.5. The Bertz CT molecular complexity index is 754. The average molecular weight is 338 g/mol. The van der Waals surface area contributed by atoms with Crippen molar-refractivity contribution in [2.24, 2.45) is 0 Å². The Morgan fingerprint density at radius 3 is 2.68 bits per heavy atom. The smallest absolute Gasteiger partial charge is 0.195 e. The molecule has 22 heavy (non-hydrogen) atoms. The second-order valence-corrected chi connectivity index (χ2v) is 7.09. The van der Waals surface area contributed by atoms with Gasteiger partial charge in [0.25, 0.3) is 0 Å². The van der Waals surface area contributed by atoms with Crippen molar-refractivity contribution in [3.8, 4) is 11.8 Å². The molecule has 1 aromatic heterocycles. The maximum absolute atomic E-state index is 11.2. The van der Waals surface area contributed by atoms with E-state index in [9.17, 15) is 8.42 Å². The maximum Gasteiger partial charge on any atom is 0.195 e. The first-order chi connectivity index (χ1) is 10.4. The number of nitrogens with zero attached hydrogens (tertiary/aromatic N) is 2. The summed E-state index contributed by atoms with van der Waals surface area (Å²) in [5, 5.41) is 5.96. The zero-order chi connectivity index (χ0) is 16.2. The monoisotopic (exact) mass is 337 g/mol. The average Bonchev–Trinajstić information content (AvgIpc) is 2.42. The molecule has 5 nitrogen and oxygen atoms in total. The van der Waals surface area contributed by atoms with Gasteiger partial charge in [0.1, 0.15) is 5.15 Å². The normalized spacial score (nSPS) is 15.5. The van der Waals surface area contributed by atoms with Crippen LogP contribution in [0.15, 0.2) is 35.5 Å². The quantitative estimate of drug-likeness (QED) is 0.678. The first-order valence-corrected chi connectivity index (χ1v) is 8.63. The third kappa shape index (κ3) is 4.79. The highest BCUT2D eigenvalue weighted by Crippen LogP contribution is 2.18. The summed E-state index contributed by atoms with van der Waals surface area (Å²) in [6.07, 6.45) is 4.58. The van der Waals surface area contributed by atoms with Crippen LogP contribution >= 0.6 is 11.6 Å². The third-order valence-electron chi connectivity index (χ3n) is 2.68. The van der Waals surface area contributed by atoms with Gasteiger partial charge in [0.05, 0.1) is 28.6 Å². The summed E-state index contributed by atoms with van der Waals surface area (Å²) >= 11 is 5.90. The van der Waals surface area contributed by atoms with Crippen LogP contribution in [0.3, 0.4) is 0 Å². The molecule has 0 amide bonds. The predicted molar refractivity (Wildman–Crippen MR) is 88.8 cm³/mol. The van der Waals surface area contributed by atoms with E-state index in [1.807, 2.05) is 13.8 Å². The van der Waals surface area contributed by atoms with Gasteiger partial charge in [-0.15, -0.1) is 0 Å². The zero-order valence-corrected chi connectivity index (χ0v) is 13.8. The second-order valence-electron chi connectivity index (χ2n) is 4.99. The molecule has 1 aliphatic heterocycles. The molecular weight excluding hydrogens is 322 g/mol. The van der Waals surface area contributed by atoms with E-state index in [1.165, 1.54) is 12.4 Å². The molecule has 0 aliphatic carbocycles. The van der Waals surface area contributed by atoms with Crippen LogP contribution in [-0.2, 0) is 9.84 Å². The van der Waals surface area contributed by atoms with E-state index in [4.69, 9.17) is 11.6 Å². The van der Waals surface area contributed by atoms with Crippen molar-refractivity contribution in [3.05, 3.63) is 46.2 Å². The Hall–Kier alpha value is -1.97. The summed E-state index contributed by atoms with van der Waals surface area (Å²) in [6, 6.07) is 1.98. The summed E-state index contributed by atoms with van der Waals surface area (Å²) in [7, 11) is -3.20. The first kappa shape index (κ1) is 16.4. The van der Waals surface area contributed by atoms with Gasteiger partial charge in [-0.2, -0.15) is 0 Å². The Kier molecular flexibility index (Phi) is 5.11. The molecule has 0 bridgehead atoms. The molecule has 7 heteroatoms. The molecule has 0 atom stereocenters. The Morgan fingerprint density at radius 1 is 1.36 bits per heavy atom. The second kappa shape index (κ2) is 6.86. The molecule has 0 radical (unpaired) electrons. The van der Waals surface area contributed by atoms with Crippen LogP contribution in [0.2, 0.25) is 5.15 Å². The van der Waals surface area contributed by atoms with Gasteiger partial charge in [-0.25, -0.2) is 13.4 Å². The lowest BCUT2D eigenvalue weighted by atomic mass is 10.2. The number of aromatic nitrogens is 1. The van der Waals surface area contributed by atoms with Crippen LogP contribution < -0.4 is 5.32 Å². The topological polar surface area (TPSA) is 62.3 Å².